The van der Waals surface area contributed by atoms with Crippen molar-refractivity contribution in [3.05, 3.63) is 70.7 Å². The first kappa shape index (κ1) is 21.1. The van der Waals surface area contributed by atoms with Gasteiger partial charge in [-0.3, -0.25) is 9.59 Å². The average Bonchev–Trinajstić information content (AvgIpc) is 3.42. The van der Waals surface area contributed by atoms with E-state index in [1.54, 1.807) is 35.7 Å². The van der Waals surface area contributed by atoms with E-state index >= 15 is 0 Å². The van der Waals surface area contributed by atoms with Crippen LogP contribution in [0.3, 0.4) is 0 Å². The fourth-order valence-electron chi connectivity index (χ4n) is 3.29. The number of carbonyl (C=O) groups is 2. The second kappa shape index (κ2) is 9.31. The molecule has 1 fully saturated rings. The highest BCUT2D eigenvalue weighted by molar-refractivity contribution is 7.13. The minimum atomic E-state index is -0.281. The summed E-state index contributed by atoms with van der Waals surface area (Å²) in [5.41, 5.74) is 2.80. The quantitative estimate of drug-likeness (QED) is 0.542. The lowest BCUT2D eigenvalue weighted by Gasteiger charge is -2.17. The third kappa shape index (κ3) is 5.11. The summed E-state index contributed by atoms with van der Waals surface area (Å²) in [6, 6.07) is 13.0. The number of hydrogen-bond acceptors (Lipinski definition) is 5. The monoisotopic (exact) mass is 435 g/mol. The first-order valence-electron chi connectivity index (χ1n) is 10.4. The van der Waals surface area contributed by atoms with Crippen LogP contribution in [0, 0.1) is 0 Å². The molecule has 0 bridgehead atoms. The Morgan fingerprint density at radius 1 is 1.19 bits per heavy atom. The summed E-state index contributed by atoms with van der Waals surface area (Å²) in [4.78, 5) is 29.9. The number of hydrogen-bond donors (Lipinski definition) is 2. The zero-order valence-corrected chi connectivity index (χ0v) is 18.4. The number of amides is 2. The number of nitrogens with zero attached hydrogens (tertiary/aromatic N) is 1. The Labute approximate surface area is 185 Å². The summed E-state index contributed by atoms with van der Waals surface area (Å²) in [6.07, 6.45) is 3.79. The summed E-state index contributed by atoms with van der Waals surface area (Å²) in [5, 5.41) is 8.87. The molecule has 3 aromatic rings. The molecule has 7 heteroatoms. The van der Waals surface area contributed by atoms with Crippen molar-refractivity contribution in [1.82, 2.24) is 15.6 Å². The normalized spacial score (nSPS) is 14.0. The van der Waals surface area contributed by atoms with Gasteiger partial charge in [-0.15, -0.1) is 11.3 Å². The highest BCUT2D eigenvalue weighted by Crippen LogP contribution is 2.26. The van der Waals surface area contributed by atoms with Crippen LogP contribution in [-0.4, -0.2) is 29.4 Å². The van der Waals surface area contributed by atoms with Crippen LogP contribution in [0.5, 0.6) is 5.75 Å². The van der Waals surface area contributed by atoms with Gasteiger partial charge in [0, 0.05) is 28.7 Å². The van der Waals surface area contributed by atoms with E-state index < -0.39 is 0 Å². The van der Waals surface area contributed by atoms with Crippen LogP contribution in [0.1, 0.15) is 59.0 Å². The number of nitrogens with one attached hydrogen (secondary N) is 2. The van der Waals surface area contributed by atoms with Crippen LogP contribution in [0.2, 0.25) is 0 Å². The fourth-order valence-corrected chi connectivity index (χ4v) is 3.93. The summed E-state index contributed by atoms with van der Waals surface area (Å²) in [6.45, 7) is 4.23. The smallest absolute Gasteiger partial charge is 0.255 e. The van der Waals surface area contributed by atoms with Crippen LogP contribution in [0.25, 0.3) is 10.6 Å². The van der Waals surface area contributed by atoms with E-state index in [2.05, 4.69) is 15.6 Å². The summed E-state index contributed by atoms with van der Waals surface area (Å²) in [5.74, 6) is 0.0205. The van der Waals surface area contributed by atoms with Crippen LogP contribution in [0.4, 0.5) is 0 Å². The molecule has 1 aliphatic carbocycles. The van der Waals surface area contributed by atoms with Crippen molar-refractivity contribution in [2.24, 2.45) is 0 Å². The number of thiazole rings is 1. The largest absolute Gasteiger partial charge is 0.493 e. The molecule has 0 aliphatic heterocycles. The number of carbonyl (C=O) groups excluding carboxylic acids is 2. The highest BCUT2D eigenvalue weighted by Gasteiger charge is 2.25. The zero-order chi connectivity index (χ0) is 21.8. The molecule has 0 radical (unpaired) electrons. The minimum absolute atomic E-state index is 0.163. The van der Waals surface area contributed by atoms with E-state index in [1.807, 2.05) is 43.5 Å². The van der Waals surface area contributed by atoms with Gasteiger partial charge in [0.15, 0.2) is 0 Å². The predicted octanol–water partition coefficient (Wildman–Crippen LogP) is 4.59. The van der Waals surface area contributed by atoms with Gasteiger partial charge in [0.25, 0.3) is 11.8 Å². The van der Waals surface area contributed by atoms with Crippen molar-refractivity contribution in [3.8, 4) is 16.3 Å². The maximum absolute atomic E-state index is 13.1. The SMILES string of the molecule is CCOc1ccc(C(=O)NC2CC2)cc1C(=O)NC(C)c1cccc(-c2nccs2)c1. The van der Waals surface area contributed by atoms with Crippen molar-refractivity contribution < 1.29 is 14.3 Å². The summed E-state index contributed by atoms with van der Waals surface area (Å²) in [7, 11) is 0. The molecule has 2 amide bonds. The lowest BCUT2D eigenvalue weighted by molar-refractivity contribution is 0.0936. The van der Waals surface area contributed by atoms with E-state index in [0.717, 1.165) is 29.0 Å². The predicted molar refractivity (Wildman–Crippen MR) is 122 cm³/mol. The number of rotatable bonds is 8. The molecule has 1 atom stereocenters. The number of ether oxygens (including phenoxy) is 1. The minimum Gasteiger partial charge on any atom is -0.493 e. The first-order valence-corrected chi connectivity index (χ1v) is 11.3. The van der Waals surface area contributed by atoms with Crippen molar-refractivity contribution in [2.75, 3.05) is 6.61 Å². The van der Waals surface area contributed by atoms with Gasteiger partial charge in [0.05, 0.1) is 18.2 Å². The second-order valence-electron chi connectivity index (χ2n) is 7.55. The van der Waals surface area contributed by atoms with E-state index in [-0.39, 0.29) is 23.9 Å². The third-order valence-corrected chi connectivity index (χ3v) is 5.93. The Morgan fingerprint density at radius 3 is 2.74 bits per heavy atom. The van der Waals surface area contributed by atoms with Gasteiger partial charge in [0.2, 0.25) is 0 Å². The molecular formula is C24H25N3O3S. The highest BCUT2D eigenvalue weighted by atomic mass is 32.1. The van der Waals surface area contributed by atoms with Gasteiger partial charge in [-0.25, -0.2) is 4.98 Å². The first-order chi connectivity index (χ1) is 15.0. The molecule has 4 rings (SSSR count). The van der Waals surface area contributed by atoms with E-state index in [4.69, 9.17) is 4.74 Å². The van der Waals surface area contributed by atoms with Gasteiger partial charge in [0.1, 0.15) is 10.8 Å². The van der Waals surface area contributed by atoms with Crippen LogP contribution in [-0.2, 0) is 0 Å². The maximum Gasteiger partial charge on any atom is 0.255 e. The Morgan fingerprint density at radius 2 is 2.03 bits per heavy atom. The lowest BCUT2D eigenvalue weighted by Crippen LogP contribution is -2.29. The lowest BCUT2D eigenvalue weighted by atomic mass is 10.0. The standard InChI is InChI=1S/C24H25N3O3S/c1-3-30-21-10-7-17(22(28)27-19-8-9-19)14-20(21)23(29)26-15(2)16-5-4-6-18(13-16)24-25-11-12-31-24/h4-7,10-15,19H,3,8-9H2,1-2H3,(H,26,29)(H,27,28). The van der Waals surface area contributed by atoms with Gasteiger partial charge >= 0.3 is 0 Å². The molecular weight excluding hydrogens is 410 g/mol. The van der Waals surface area contributed by atoms with Crippen molar-refractivity contribution >= 4 is 23.2 Å². The summed E-state index contributed by atoms with van der Waals surface area (Å²) >= 11 is 1.57. The van der Waals surface area contributed by atoms with E-state index in [9.17, 15) is 9.59 Å². The van der Waals surface area contributed by atoms with Crippen LogP contribution in [0.15, 0.2) is 54.0 Å². The molecule has 2 aromatic carbocycles. The van der Waals surface area contributed by atoms with Gasteiger partial charge < -0.3 is 15.4 Å². The summed E-state index contributed by atoms with van der Waals surface area (Å²) < 4.78 is 5.64. The van der Waals surface area contributed by atoms with Gasteiger partial charge in [-0.2, -0.15) is 0 Å². The van der Waals surface area contributed by atoms with Gasteiger partial charge in [-0.1, -0.05) is 18.2 Å². The van der Waals surface area contributed by atoms with Crippen molar-refractivity contribution in [1.29, 1.82) is 0 Å². The number of benzene rings is 2. The Bertz CT molecular complexity index is 1080. The maximum atomic E-state index is 13.1. The molecule has 2 N–H and O–H groups in total. The van der Waals surface area contributed by atoms with Crippen molar-refractivity contribution in [3.63, 3.8) is 0 Å². The molecule has 1 heterocycles. The molecule has 1 aromatic heterocycles. The number of aromatic nitrogens is 1. The molecule has 0 spiro atoms. The van der Waals surface area contributed by atoms with E-state index in [1.165, 1.54) is 0 Å². The van der Waals surface area contributed by atoms with Crippen LogP contribution >= 0.6 is 11.3 Å². The fraction of sp³-hybridized carbons (Fsp3) is 0.292. The third-order valence-electron chi connectivity index (χ3n) is 5.11. The van der Waals surface area contributed by atoms with Crippen molar-refractivity contribution in [2.45, 2.75) is 38.8 Å². The molecule has 1 saturated carbocycles. The Kier molecular flexibility index (Phi) is 6.32. The molecule has 1 unspecified atom stereocenters. The topological polar surface area (TPSA) is 80.3 Å². The Balaban J connectivity index is 1.54. The second-order valence-corrected chi connectivity index (χ2v) is 8.44. The Hall–Kier alpha value is -3.19. The molecule has 160 valence electrons. The van der Waals surface area contributed by atoms with Crippen LogP contribution < -0.4 is 15.4 Å². The zero-order valence-electron chi connectivity index (χ0n) is 17.6. The average molecular weight is 436 g/mol. The molecule has 31 heavy (non-hydrogen) atoms. The van der Waals surface area contributed by atoms with Gasteiger partial charge in [-0.05, 0) is 56.5 Å². The molecule has 0 saturated heterocycles. The molecule has 6 nitrogen and oxygen atoms in total. The molecule has 1 aliphatic rings. The van der Waals surface area contributed by atoms with E-state index in [0.29, 0.717) is 23.5 Å².